The highest BCUT2D eigenvalue weighted by Crippen LogP contribution is 2.60. The Bertz CT molecular complexity index is 2080. The number of likely N-dealkylation sites (tertiary alicyclic amines) is 1. The van der Waals surface area contributed by atoms with Crippen molar-refractivity contribution in [2.75, 3.05) is 25.0 Å². The van der Waals surface area contributed by atoms with Gasteiger partial charge >= 0.3 is 12.3 Å². The van der Waals surface area contributed by atoms with Gasteiger partial charge in [0.2, 0.25) is 5.88 Å². The van der Waals surface area contributed by atoms with Crippen molar-refractivity contribution in [1.29, 1.82) is 0 Å². The second-order valence-corrected chi connectivity index (χ2v) is 17.9. The maximum atomic E-state index is 13.3. The molecule has 1 atom stereocenters. The molecule has 0 spiro atoms. The molecule has 1 saturated heterocycles. The van der Waals surface area contributed by atoms with Crippen molar-refractivity contribution in [3.05, 3.63) is 83.1 Å². The van der Waals surface area contributed by atoms with Gasteiger partial charge in [-0.25, -0.2) is 19.4 Å². The summed E-state index contributed by atoms with van der Waals surface area (Å²) in [6.45, 7) is 11.5. The Morgan fingerprint density at radius 1 is 1.00 bits per heavy atom. The normalized spacial score (nSPS) is 17.0. The molecule has 4 aromatic rings. The number of pyridine rings is 2. The summed E-state index contributed by atoms with van der Waals surface area (Å²) < 4.78 is 61.2. The lowest BCUT2D eigenvalue weighted by atomic mass is 9.93. The van der Waals surface area contributed by atoms with E-state index in [0.29, 0.717) is 48.0 Å². The van der Waals surface area contributed by atoms with E-state index in [1.807, 2.05) is 62.1 Å². The second kappa shape index (κ2) is 18.3. The molecule has 2 N–H and O–H groups in total. The van der Waals surface area contributed by atoms with Crippen LogP contribution in [0.4, 0.5) is 23.8 Å². The van der Waals surface area contributed by atoms with Crippen molar-refractivity contribution in [1.82, 2.24) is 29.4 Å². The van der Waals surface area contributed by atoms with Crippen LogP contribution in [0.25, 0.3) is 5.82 Å². The van der Waals surface area contributed by atoms with Gasteiger partial charge in [-0.1, -0.05) is 41.9 Å². The molecule has 2 aliphatic rings. The molecular formula is C42H51ClF3N7O5S. The minimum Gasteiger partial charge on any atom is -0.489 e. The molecule has 3 aromatic heterocycles. The Morgan fingerprint density at radius 2 is 1.76 bits per heavy atom. The second-order valence-electron chi connectivity index (χ2n) is 16.7. The highest BCUT2D eigenvalue weighted by Gasteiger charge is 2.62. The third-order valence-electron chi connectivity index (χ3n) is 10.3. The fourth-order valence-corrected chi connectivity index (χ4v) is 7.94. The highest BCUT2D eigenvalue weighted by molar-refractivity contribution is 7.97. The highest BCUT2D eigenvalue weighted by atomic mass is 35.5. The summed E-state index contributed by atoms with van der Waals surface area (Å²) in [6, 6.07) is 18.0. The van der Waals surface area contributed by atoms with Crippen LogP contribution in [0.1, 0.15) is 95.5 Å². The SMILES string of the molecule is CC(C)(C)OC(=O)N1CC(CCCNc2cc(OCc3ccccc3)cc(SNC(=O)c3ccc(-n4ccc(OCCCC5(C(F)(F)F)CC5)n4)nc3Cl)n2)CC1(C)C. The largest absolute Gasteiger partial charge is 0.489 e. The van der Waals surface area contributed by atoms with Crippen LogP contribution in [0.3, 0.4) is 0 Å². The monoisotopic (exact) mass is 857 g/mol. The lowest BCUT2D eigenvalue weighted by Crippen LogP contribution is -2.45. The van der Waals surface area contributed by atoms with Gasteiger partial charge in [-0.05, 0) is 103 Å². The quantitative estimate of drug-likeness (QED) is 0.0601. The van der Waals surface area contributed by atoms with E-state index in [1.54, 1.807) is 24.4 Å². The van der Waals surface area contributed by atoms with Gasteiger partial charge < -0.3 is 24.4 Å². The molecular weight excluding hydrogens is 807 g/mol. The molecule has 1 unspecified atom stereocenters. The van der Waals surface area contributed by atoms with Gasteiger partial charge in [-0.2, -0.15) is 13.2 Å². The number of halogens is 4. The summed E-state index contributed by atoms with van der Waals surface area (Å²) in [5.74, 6) is 1.53. The molecule has 1 saturated carbocycles. The number of alkyl halides is 3. The van der Waals surface area contributed by atoms with E-state index in [2.05, 4.69) is 34.0 Å². The van der Waals surface area contributed by atoms with Gasteiger partial charge in [-0.3, -0.25) is 9.52 Å². The molecule has 59 heavy (non-hydrogen) atoms. The third kappa shape index (κ3) is 12.0. The average molecular weight is 858 g/mol. The lowest BCUT2D eigenvalue weighted by Gasteiger charge is -2.33. The number of aromatic nitrogens is 4. The summed E-state index contributed by atoms with van der Waals surface area (Å²) in [5.41, 5.74) is -1.29. The van der Waals surface area contributed by atoms with Crippen molar-refractivity contribution in [2.45, 2.75) is 109 Å². The lowest BCUT2D eigenvalue weighted by molar-refractivity contribution is -0.189. The van der Waals surface area contributed by atoms with Crippen LogP contribution >= 0.6 is 23.5 Å². The number of carbonyl (C=O) groups excluding carboxylic acids is 2. The molecule has 1 aliphatic carbocycles. The molecule has 2 fully saturated rings. The third-order valence-corrected chi connectivity index (χ3v) is 11.3. The van der Waals surface area contributed by atoms with Crippen molar-refractivity contribution < 1.29 is 37.0 Å². The first-order chi connectivity index (χ1) is 27.9. The molecule has 1 aromatic carbocycles. The molecule has 4 heterocycles. The van der Waals surface area contributed by atoms with E-state index in [9.17, 15) is 22.8 Å². The van der Waals surface area contributed by atoms with Crippen LogP contribution in [-0.2, 0) is 11.3 Å². The van der Waals surface area contributed by atoms with Crippen molar-refractivity contribution >= 4 is 41.4 Å². The molecule has 0 bridgehead atoms. The Morgan fingerprint density at radius 3 is 2.46 bits per heavy atom. The molecule has 1 aliphatic heterocycles. The van der Waals surface area contributed by atoms with E-state index in [1.165, 1.54) is 10.7 Å². The standard InChI is InChI=1S/C42H51ClF3N7O5S/c1-39(2,3)58-38(55)52-26-29(25-40(52,4)5)13-9-20-47-32-23-30(57-27-28-11-7-6-8-12-28)24-35(48-32)59-51-37(54)31-14-15-33(49-36(31)43)53-21-16-34(50-53)56-22-10-17-41(18-19-41)42(44,45)46/h6-8,11-12,14-16,21,23-24,29H,9-10,13,17-20,22,25-27H2,1-5H3,(H,47,48)(H,51,54). The van der Waals surface area contributed by atoms with Crippen LogP contribution in [0, 0.1) is 11.3 Å². The number of anilines is 1. The molecule has 6 rings (SSSR count). The molecule has 2 amide bonds. The Balaban J connectivity index is 1.03. The van der Waals surface area contributed by atoms with Crippen molar-refractivity contribution in [3.8, 4) is 17.4 Å². The Hall–Kier alpha value is -4.70. The fraction of sp³-hybridized carbons (Fsp3) is 0.500. The Kier molecular flexibility index (Phi) is 13.6. The maximum absolute atomic E-state index is 13.3. The number of hydrogen-bond donors (Lipinski definition) is 2. The van der Waals surface area contributed by atoms with E-state index in [0.717, 1.165) is 36.8 Å². The number of nitrogens with one attached hydrogen (secondary N) is 2. The zero-order chi connectivity index (χ0) is 42.4. The predicted octanol–water partition coefficient (Wildman–Crippen LogP) is 10.1. The zero-order valence-electron chi connectivity index (χ0n) is 33.9. The topological polar surface area (TPSA) is 133 Å². The van der Waals surface area contributed by atoms with Gasteiger partial charge in [0, 0.05) is 55.0 Å². The average Bonchev–Trinajstić information content (AvgIpc) is 3.72. The van der Waals surface area contributed by atoms with Gasteiger partial charge in [0.25, 0.3) is 5.91 Å². The van der Waals surface area contributed by atoms with Crippen molar-refractivity contribution in [2.24, 2.45) is 11.3 Å². The number of rotatable bonds is 17. The van der Waals surface area contributed by atoms with E-state index in [-0.39, 0.29) is 60.5 Å². The molecule has 318 valence electrons. The predicted molar refractivity (Wildman–Crippen MR) is 220 cm³/mol. The maximum Gasteiger partial charge on any atom is 0.410 e. The van der Waals surface area contributed by atoms with Gasteiger partial charge in [-0.15, -0.1) is 5.10 Å². The zero-order valence-corrected chi connectivity index (χ0v) is 35.5. The van der Waals surface area contributed by atoms with Crippen LogP contribution in [-0.4, -0.2) is 73.7 Å². The number of hydrogen-bond acceptors (Lipinski definition) is 10. The summed E-state index contributed by atoms with van der Waals surface area (Å²) in [7, 11) is 0. The first-order valence-electron chi connectivity index (χ1n) is 19.7. The first-order valence-corrected chi connectivity index (χ1v) is 20.9. The number of amides is 2. The van der Waals surface area contributed by atoms with Crippen LogP contribution in [0.2, 0.25) is 5.15 Å². The number of ether oxygens (including phenoxy) is 3. The number of carbonyl (C=O) groups is 2. The summed E-state index contributed by atoms with van der Waals surface area (Å²) in [4.78, 5) is 37.1. The summed E-state index contributed by atoms with van der Waals surface area (Å²) in [6.07, 6.45) is 0.371. The smallest absolute Gasteiger partial charge is 0.410 e. The minimum atomic E-state index is -4.19. The van der Waals surface area contributed by atoms with Crippen LogP contribution in [0.5, 0.6) is 11.6 Å². The van der Waals surface area contributed by atoms with Gasteiger partial charge in [0.15, 0.2) is 5.82 Å². The van der Waals surface area contributed by atoms with E-state index in [4.69, 9.17) is 30.8 Å². The molecule has 0 radical (unpaired) electrons. The minimum absolute atomic E-state index is 0.0248. The fourth-order valence-electron chi connectivity index (χ4n) is 7.07. The summed E-state index contributed by atoms with van der Waals surface area (Å²) in [5, 5.41) is 8.12. The number of nitrogens with zero attached hydrogens (tertiary/aromatic N) is 5. The van der Waals surface area contributed by atoms with Gasteiger partial charge in [0.05, 0.1) is 17.6 Å². The van der Waals surface area contributed by atoms with Crippen LogP contribution in [0.15, 0.2) is 71.9 Å². The molecule has 12 nitrogen and oxygen atoms in total. The van der Waals surface area contributed by atoms with Gasteiger partial charge in [0.1, 0.15) is 34.0 Å². The van der Waals surface area contributed by atoms with Crippen molar-refractivity contribution in [3.63, 3.8) is 0 Å². The molecule has 17 heteroatoms. The van der Waals surface area contributed by atoms with Crippen LogP contribution < -0.4 is 19.5 Å². The number of benzene rings is 1. The van der Waals surface area contributed by atoms with E-state index >= 15 is 0 Å². The van der Waals surface area contributed by atoms with E-state index < -0.39 is 23.1 Å². The summed E-state index contributed by atoms with van der Waals surface area (Å²) >= 11 is 7.47. The Labute approximate surface area is 352 Å². The first kappa shape index (κ1) is 43.9.